The summed E-state index contributed by atoms with van der Waals surface area (Å²) in [4.78, 5) is 19.2. The van der Waals surface area contributed by atoms with E-state index in [4.69, 9.17) is 0 Å². The maximum Gasteiger partial charge on any atom is 0.433 e. The molecule has 1 aromatic heterocycles. The van der Waals surface area contributed by atoms with Crippen LogP contribution in [0, 0.1) is 10.1 Å². The van der Waals surface area contributed by atoms with Crippen molar-refractivity contribution in [1.29, 1.82) is 0 Å². The van der Waals surface area contributed by atoms with Crippen molar-refractivity contribution < 1.29 is 19.6 Å². The van der Waals surface area contributed by atoms with Crippen LogP contribution in [0.5, 0.6) is 0 Å². The molecule has 0 saturated heterocycles. The van der Waals surface area contributed by atoms with E-state index in [-0.39, 0.29) is 11.2 Å². The van der Waals surface area contributed by atoms with Crippen LogP contribution < -0.4 is 0 Å². The van der Waals surface area contributed by atoms with E-state index in [1.807, 2.05) is 0 Å². The first-order valence-electron chi connectivity index (χ1n) is 2.43. The van der Waals surface area contributed by atoms with Gasteiger partial charge in [0.25, 0.3) is 0 Å². The molecule has 11 heavy (non-hydrogen) atoms. The summed E-state index contributed by atoms with van der Waals surface area (Å²) < 4.78 is 4.43. The molecule has 0 fully saturated rings. The third kappa shape index (κ3) is 1.87. The van der Waals surface area contributed by atoms with Crippen molar-refractivity contribution in [2.24, 2.45) is 0 Å². The summed E-state index contributed by atoms with van der Waals surface area (Å²) in [6.45, 7) is 0. The zero-order valence-electron chi connectivity index (χ0n) is 5.31. The molecule has 0 amide bonds. The van der Waals surface area contributed by atoms with Crippen LogP contribution in [0.4, 0.5) is 5.88 Å². The number of furan rings is 1. The van der Waals surface area contributed by atoms with Gasteiger partial charge in [-0.15, -0.1) is 0 Å². The molecule has 6 nitrogen and oxygen atoms in total. The summed E-state index contributed by atoms with van der Waals surface area (Å²) in [5, 5.41) is 9.93. The Bertz CT molecular complexity index is 266. The lowest BCUT2D eigenvalue weighted by Crippen LogP contribution is -1.82. The lowest BCUT2D eigenvalue weighted by Gasteiger charge is -1.79. The Morgan fingerprint density at radius 2 is 2.18 bits per heavy atom. The Balaban J connectivity index is 0.000001000. The largest absolute Gasteiger partial charge is 0.433 e. The van der Waals surface area contributed by atoms with E-state index in [2.05, 4.69) is 4.42 Å². The third-order valence-corrected chi connectivity index (χ3v) is 0.909. The number of rotatable bonds is 2. The van der Waals surface area contributed by atoms with Crippen LogP contribution >= 0.6 is 0 Å². The Labute approximate surface area is 60.9 Å². The smallest absolute Gasteiger partial charge is 0.412 e. The van der Waals surface area contributed by atoms with Crippen LogP contribution in [0.1, 0.15) is 10.6 Å². The van der Waals surface area contributed by atoms with Gasteiger partial charge in [0.2, 0.25) is 0 Å². The predicted molar refractivity (Wildman–Crippen MR) is 34.4 cm³/mol. The van der Waals surface area contributed by atoms with Crippen molar-refractivity contribution in [3.8, 4) is 0 Å². The molecule has 1 aromatic rings. The Morgan fingerprint density at radius 1 is 1.55 bits per heavy atom. The Hall–Kier alpha value is -1.69. The van der Waals surface area contributed by atoms with Gasteiger partial charge in [0.1, 0.15) is 4.92 Å². The van der Waals surface area contributed by atoms with Gasteiger partial charge >= 0.3 is 5.88 Å². The lowest BCUT2D eigenvalue weighted by molar-refractivity contribution is -0.402. The van der Waals surface area contributed by atoms with Crippen molar-refractivity contribution in [3.05, 3.63) is 28.0 Å². The average Bonchev–Trinajstić information content (AvgIpc) is 2.34. The number of carbonyl (C=O) groups excluding carboxylic acids is 1. The van der Waals surface area contributed by atoms with Crippen LogP contribution in [0.2, 0.25) is 0 Å². The van der Waals surface area contributed by atoms with Gasteiger partial charge in [-0.25, -0.2) is 0 Å². The van der Waals surface area contributed by atoms with Crippen molar-refractivity contribution in [1.82, 2.24) is 0 Å². The van der Waals surface area contributed by atoms with E-state index in [1.165, 1.54) is 6.07 Å². The van der Waals surface area contributed by atoms with Crippen molar-refractivity contribution in [3.63, 3.8) is 0 Å². The molecule has 0 unspecified atom stereocenters. The minimum Gasteiger partial charge on any atom is -0.412 e. The van der Waals surface area contributed by atoms with Gasteiger partial charge in [0.05, 0.1) is 6.07 Å². The van der Waals surface area contributed by atoms with Crippen LogP contribution in [0.3, 0.4) is 0 Å². The highest BCUT2D eigenvalue weighted by Gasteiger charge is 2.10. The van der Waals surface area contributed by atoms with Crippen molar-refractivity contribution >= 4 is 12.2 Å². The summed E-state index contributed by atoms with van der Waals surface area (Å²) >= 11 is 0. The fraction of sp³-hybridized carbons (Fsp3) is 0. The second-order valence-electron chi connectivity index (χ2n) is 1.55. The van der Waals surface area contributed by atoms with Gasteiger partial charge in [-0.1, -0.05) is 0 Å². The highest BCUT2D eigenvalue weighted by Crippen LogP contribution is 2.13. The number of nitrogens with zero attached hydrogens (tertiary/aromatic N) is 1. The SMILES string of the molecule is O.O=Cc1ccc([N+](=O)[O-])o1. The highest BCUT2D eigenvalue weighted by atomic mass is 16.6. The second-order valence-corrected chi connectivity index (χ2v) is 1.55. The molecule has 0 radical (unpaired) electrons. The zero-order valence-corrected chi connectivity index (χ0v) is 5.31. The molecule has 0 saturated carbocycles. The summed E-state index contributed by atoms with van der Waals surface area (Å²) in [7, 11) is 0. The molecule has 2 N–H and O–H groups in total. The van der Waals surface area contributed by atoms with E-state index < -0.39 is 10.8 Å². The molecule has 1 rings (SSSR count). The quantitative estimate of drug-likeness (QED) is 0.348. The van der Waals surface area contributed by atoms with Gasteiger partial charge in [0.15, 0.2) is 12.0 Å². The molecule has 0 spiro atoms. The first-order chi connectivity index (χ1) is 4.74. The van der Waals surface area contributed by atoms with Crippen LogP contribution in [-0.2, 0) is 0 Å². The molecular weight excluding hydrogens is 154 g/mol. The van der Waals surface area contributed by atoms with Crippen LogP contribution in [0.15, 0.2) is 16.5 Å². The molecule has 0 aliphatic carbocycles. The standard InChI is InChI=1S/C5H3NO4.H2O/c7-3-4-1-2-5(10-4)6(8)9;/h1-3H;1H2. The molecular formula is C5H5NO5. The number of hydrogen-bond donors (Lipinski definition) is 0. The fourth-order valence-electron chi connectivity index (χ4n) is 0.504. The monoisotopic (exact) mass is 159 g/mol. The first kappa shape index (κ1) is 9.31. The summed E-state index contributed by atoms with van der Waals surface area (Å²) in [5.41, 5.74) is 0. The number of nitro groups is 1. The van der Waals surface area contributed by atoms with Crippen LogP contribution in [0.25, 0.3) is 0 Å². The van der Waals surface area contributed by atoms with E-state index >= 15 is 0 Å². The minimum atomic E-state index is -0.701. The van der Waals surface area contributed by atoms with Crippen molar-refractivity contribution in [2.75, 3.05) is 0 Å². The summed E-state index contributed by atoms with van der Waals surface area (Å²) in [6.07, 6.45) is 0.410. The molecule has 60 valence electrons. The normalized spacial score (nSPS) is 8.36. The van der Waals surface area contributed by atoms with E-state index in [1.54, 1.807) is 0 Å². The van der Waals surface area contributed by atoms with E-state index in [0.717, 1.165) is 6.07 Å². The Kier molecular flexibility index (Phi) is 2.94. The van der Waals surface area contributed by atoms with E-state index in [0.29, 0.717) is 6.29 Å². The topological polar surface area (TPSA) is 105 Å². The third-order valence-electron chi connectivity index (χ3n) is 0.909. The molecule has 6 heteroatoms. The maximum atomic E-state index is 9.93. The zero-order chi connectivity index (χ0) is 7.56. The fourth-order valence-corrected chi connectivity index (χ4v) is 0.504. The summed E-state index contributed by atoms with van der Waals surface area (Å²) in [6, 6.07) is 2.37. The van der Waals surface area contributed by atoms with Gasteiger partial charge in [0, 0.05) is 0 Å². The molecule has 0 aliphatic rings. The molecule has 0 aliphatic heterocycles. The minimum absolute atomic E-state index is 0. The van der Waals surface area contributed by atoms with E-state index in [9.17, 15) is 14.9 Å². The first-order valence-corrected chi connectivity index (χ1v) is 2.43. The lowest BCUT2D eigenvalue weighted by atomic mass is 10.5. The molecule has 0 atom stereocenters. The number of hydrogen-bond acceptors (Lipinski definition) is 4. The van der Waals surface area contributed by atoms with Crippen molar-refractivity contribution in [2.45, 2.75) is 0 Å². The van der Waals surface area contributed by atoms with Gasteiger partial charge < -0.3 is 9.89 Å². The van der Waals surface area contributed by atoms with Gasteiger partial charge in [-0.2, -0.15) is 0 Å². The Morgan fingerprint density at radius 3 is 2.45 bits per heavy atom. The molecule has 1 heterocycles. The highest BCUT2D eigenvalue weighted by molar-refractivity contribution is 5.70. The number of aldehydes is 1. The molecule has 0 aromatic carbocycles. The number of carbonyl (C=O) groups is 1. The second kappa shape index (κ2) is 3.47. The van der Waals surface area contributed by atoms with Gasteiger partial charge in [-0.05, 0) is 6.07 Å². The predicted octanol–water partition coefficient (Wildman–Crippen LogP) is 0.176. The molecule has 0 bridgehead atoms. The summed E-state index contributed by atoms with van der Waals surface area (Å²) in [5.74, 6) is -0.450. The average molecular weight is 159 g/mol. The maximum absolute atomic E-state index is 9.93. The van der Waals surface area contributed by atoms with Gasteiger partial charge in [-0.3, -0.25) is 14.9 Å². The van der Waals surface area contributed by atoms with Crippen LogP contribution in [-0.4, -0.2) is 16.7 Å².